The summed E-state index contributed by atoms with van der Waals surface area (Å²) in [6.07, 6.45) is 7.47. The summed E-state index contributed by atoms with van der Waals surface area (Å²) in [5.41, 5.74) is 0.618. The summed E-state index contributed by atoms with van der Waals surface area (Å²) < 4.78 is 5.17. The molecule has 1 aliphatic rings. The van der Waals surface area contributed by atoms with Crippen LogP contribution in [0.25, 0.3) is 0 Å². The van der Waals surface area contributed by atoms with Gasteiger partial charge in [0, 0.05) is 0 Å². The fourth-order valence-electron chi connectivity index (χ4n) is 2.33. The molecule has 0 aromatic heterocycles. The molecule has 2 nitrogen and oxygen atoms in total. The second kappa shape index (κ2) is 10.6. The van der Waals surface area contributed by atoms with Crippen molar-refractivity contribution >= 4 is 19.6 Å². The molecular formula is C15H19BrO2Zn. The topological polar surface area (TPSA) is 26.3 Å². The van der Waals surface area contributed by atoms with Gasteiger partial charge in [-0.3, -0.25) is 0 Å². The van der Waals surface area contributed by atoms with Gasteiger partial charge in [0.05, 0.1) is 5.56 Å². The van der Waals surface area contributed by atoms with E-state index in [0.29, 0.717) is 11.5 Å². The van der Waals surface area contributed by atoms with Gasteiger partial charge in [0.2, 0.25) is 0 Å². The number of rotatable bonds is 4. The van der Waals surface area contributed by atoms with Crippen molar-refractivity contribution in [3.63, 3.8) is 0 Å². The number of hydrogen-bond acceptors (Lipinski definition) is 2. The Hall–Kier alpha value is -0.207. The summed E-state index contributed by atoms with van der Waals surface area (Å²) in [4.78, 5) is 11.6. The van der Waals surface area contributed by atoms with Crippen LogP contribution in [-0.2, 0) is 21.1 Å². The van der Waals surface area contributed by atoms with Crippen LogP contribution in [0.3, 0.4) is 0 Å². The summed E-state index contributed by atoms with van der Waals surface area (Å²) >= 11 is 4.25. The van der Waals surface area contributed by atoms with Gasteiger partial charge in [0.1, 0.15) is 0 Å². The predicted molar refractivity (Wildman–Crippen MR) is 76.3 cm³/mol. The van der Waals surface area contributed by atoms with Gasteiger partial charge in [0.25, 0.3) is 0 Å². The third kappa shape index (κ3) is 6.67. The maximum absolute atomic E-state index is 11.6. The zero-order valence-corrected chi connectivity index (χ0v) is 15.7. The number of carbonyl (C=O) groups excluding carboxylic acids is 1. The van der Waals surface area contributed by atoms with Gasteiger partial charge in [-0.15, -0.1) is 6.42 Å². The molecular weight excluding hydrogens is 357 g/mol. The Kier molecular flexibility index (Phi) is 9.37. The van der Waals surface area contributed by atoms with E-state index in [1.165, 1.54) is 48.4 Å². The zero-order chi connectivity index (χ0) is 13.9. The summed E-state index contributed by atoms with van der Waals surface area (Å²) in [7, 11) is 0. The van der Waals surface area contributed by atoms with Crippen molar-refractivity contribution in [2.24, 2.45) is 5.92 Å². The van der Waals surface area contributed by atoms with Crippen molar-refractivity contribution in [3.05, 3.63) is 42.5 Å². The van der Waals surface area contributed by atoms with Gasteiger partial charge < -0.3 is 4.74 Å². The average Bonchev–Trinajstić information content (AvgIpc) is 2.51. The molecule has 1 aromatic carbocycles. The molecule has 4 heteroatoms. The third-order valence-electron chi connectivity index (χ3n) is 3.35. The van der Waals surface area contributed by atoms with Gasteiger partial charge in [-0.05, 0) is 12.1 Å². The normalized spacial score (nSPS) is 15.3. The molecule has 0 radical (unpaired) electrons. The molecule has 1 fully saturated rings. The van der Waals surface area contributed by atoms with Gasteiger partial charge >= 0.3 is 35.9 Å². The Morgan fingerprint density at radius 2 is 1.84 bits per heavy atom. The van der Waals surface area contributed by atoms with E-state index in [-0.39, 0.29) is 5.97 Å². The van der Waals surface area contributed by atoms with Crippen molar-refractivity contribution < 1.29 is 25.9 Å². The third-order valence-corrected chi connectivity index (χ3v) is 3.35. The molecule has 100 valence electrons. The summed E-state index contributed by atoms with van der Waals surface area (Å²) in [6.45, 7) is 1.69. The Morgan fingerprint density at radius 3 is 2.47 bits per heavy atom. The van der Waals surface area contributed by atoms with Gasteiger partial charge in [-0.1, -0.05) is 56.2 Å². The van der Waals surface area contributed by atoms with Crippen molar-refractivity contribution in [2.75, 3.05) is 0 Å². The first kappa shape index (κ1) is 16.8. The first-order valence-corrected chi connectivity index (χ1v) is 13.7. The quantitative estimate of drug-likeness (QED) is 0.428. The first-order valence-electron chi connectivity index (χ1n) is 6.70. The van der Waals surface area contributed by atoms with E-state index in [2.05, 4.69) is 13.6 Å². The van der Waals surface area contributed by atoms with Crippen LogP contribution in [0, 0.1) is 12.5 Å². The van der Waals surface area contributed by atoms with E-state index < -0.39 is 0 Å². The molecule has 1 aromatic rings. The number of hydrogen-bond donors (Lipinski definition) is 0. The van der Waals surface area contributed by atoms with Crippen LogP contribution >= 0.6 is 13.6 Å². The van der Waals surface area contributed by atoms with Crippen molar-refractivity contribution in [3.8, 4) is 0 Å². The second-order valence-corrected chi connectivity index (χ2v) is 4.68. The molecule has 0 N–H and O–H groups in total. The fourth-order valence-corrected chi connectivity index (χ4v) is 2.33. The molecule has 19 heavy (non-hydrogen) atoms. The molecule has 0 atom stereocenters. The molecule has 0 spiro atoms. The Bertz CT molecular complexity index is 350. The Labute approximate surface area is 132 Å². The predicted octanol–water partition coefficient (Wildman–Crippen LogP) is 4.82. The van der Waals surface area contributed by atoms with Crippen LogP contribution in [-0.4, -0.2) is 5.97 Å². The molecule has 0 bridgehead atoms. The van der Waals surface area contributed by atoms with E-state index in [9.17, 15) is 4.79 Å². The van der Waals surface area contributed by atoms with Crippen molar-refractivity contribution in [1.82, 2.24) is 0 Å². The van der Waals surface area contributed by atoms with Crippen LogP contribution in [0.2, 0.25) is 0 Å². The molecule has 0 unspecified atom stereocenters. The van der Waals surface area contributed by atoms with Gasteiger partial charge in [-0.2, -0.15) is 6.61 Å². The first-order chi connectivity index (χ1) is 9.36. The molecule has 1 saturated carbocycles. The summed E-state index contributed by atoms with van der Waals surface area (Å²) in [5.74, 6) is 0.466. The minimum atomic E-state index is -0.249. The molecule has 0 saturated heterocycles. The standard InChI is InChI=1S/C15H19O2.BrH.Zn/c16-15(14-9-5-2-6-10-14)17-12-11-13-7-3-1-4-8-13;;/h2,5-6,9-10,12-13H,1,3-4,7-8,11H2;1H;/q-1;;+2/p-1. The van der Waals surface area contributed by atoms with E-state index in [0.717, 1.165) is 6.42 Å². The fraction of sp³-hybridized carbons (Fsp3) is 0.467. The van der Waals surface area contributed by atoms with Crippen LogP contribution in [0.15, 0.2) is 30.3 Å². The summed E-state index contributed by atoms with van der Waals surface area (Å²) in [6, 6.07) is 9.13. The molecule has 0 amide bonds. The molecule has 0 aliphatic heterocycles. The number of benzene rings is 1. The average molecular weight is 377 g/mol. The SMILES string of the molecule is O=C(O[CH-]CC1CCCCC1)c1ccccc1.[Zn+][Br]. The number of ether oxygens (including phenoxy) is 1. The van der Waals surface area contributed by atoms with Gasteiger partial charge in [0.15, 0.2) is 0 Å². The van der Waals surface area contributed by atoms with E-state index in [4.69, 9.17) is 4.74 Å². The summed E-state index contributed by atoms with van der Waals surface area (Å²) in [5, 5.41) is 0. The number of esters is 1. The number of carbonyl (C=O) groups is 1. The van der Waals surface area contributed by atoms with Crippen molar-refractivity contribution in [1.29, 1.82) is 0 Å². The molecule has 0 heterocycles. The van der Waals surface area contributed by atoms with Crippen LogP contribution in [0.5, 0.6) is 0 Å². The maximum atomic E-state index is 11.6. The van der Waals surface area contributed by atoms with Crippen LogP contribution < -0.4 is 0 Å². The van der Waals surface area contributed by atoms with Crippen LogP contribution in [0.1, 0.15) is 48.9 Å². The Balaban J connectivity index is 0.000000861. The van der Waals surface area contributed by atoms with E-state index in [1.807, 2.05) is 18.2 Å². The monoisotopic (exact) mass is 374 g/mol. The molecule has 1 aliphatic carbocycles. The van der Waals surface area contributed by atoms with E-state index >= 15 is 0 Å². The van der Waals surface area contributed by atoms with Crippen molar-refractivity contribution in [2.45, 2.75) is 38.5 Å². The minimum absolute atomic E-state index is 0.249. The number of halogens is 1. The van der Waals surface area contributed by atoms with Crippen LogP contribution in [0.4, 0.5) is 0 Å². The van der Waals surface area contributed by atoms with E-state index in [1.54, 1.807) is 18.7 Å². The zero-order valence-electron chi connectivity index (χ0n) is 11.2. The van der Waals surface area contributed by atoms with Gasteiger partial charge in [-0.25, -0.2) is 4.79 Å². The molecule has 2 rings (SSSR count). The second-order valence-electron chi connectivity index (χ2n) is 4.68. The Morgan fingerprint density at radius 1 is 1.21 bits per heavy atom.